The minimum atomic E-state index is 0.184. The molecule has 0 aliphatic carbocycles. The number of likely N-dealkylation sites (N-methyl/N-ethyl adjacent to an activating group) is 1. The van der Waals surface area contributed by atoms with Crippen molar-refractivity contribution in [3.8, 4) is 0 Å². The number of nitrogens with zero attached hydrogens (tertiary/aromatic N) is 1. The SMILES string of the molecule is CCNC(Cc1cc(Cl)ccc1Cl)c1cncc(C)c1. The normalized spacial score (nSPS) is 12.4. The molecule has 0 aliphatic rings. The largest absolute Gasteiger partial charge is 0.310 e. The third-order valence-electron chi connectivity index (χ3n) is 3.18. The second-order valence-corrected chi connectivity index (χ2v) is 5.69. The van der Waals surface area contributed by atoms with Crippen molar-refractivity contribution in [1.82, 2.24) is 10.3 Å². The minimum absolute atomic E-state index is 0.184. The van der Waals surface area contributed by atoms with Crippen LogP contribution in [0.1, 0.15) is 29.7 Å². The van der Waals surface area contributed by atoms with E-state index >= 15 is 0 Å². The molecule has 0 aliphatic heterocycles. The monoisotopic (exact) mass is 308 g/mol. The minimum Gasteiger partial charge on any atom is -0.310 e. The predicted octanol–water partition coefficient (Wildman–Crippen LogP) is 4.59. The summed E-state index contributed by atoms with van der Waals surface area (Å²) >= 11 is 12.3. The van der Waals surface area contributed by atoms with Gasteiger partial charge in [-0.25, -0.2) is 0 Å². The van der Waals surface area contributed by atoms with Gasteiger partial charge in [0.2, 0.25) is 0 Å². The van der Waals surface area contributed by atoms with Crippen LogP contribution >= 0.6 is 23.2 Å². The van der Waals surface area contributed by atoms with Crippen molar-refractivity contribution in [3.63, 3.8) is 0 Å². The predicted molar refractivity (Wildman–Crippen MR) is 85.6 cm³/mol. The van der Waals surface area contributed by atoms with Crippen molar-refractivity contribution in [2.75, 3.05) is 6.54 Å². The van der Waals surface area contributed by atoms with Crippen LogP contribution in [-0.2, 0) is 6.42 Å². The van der Waals surface area contributed by atoms with Crippen molar-refractivity contribution < 1.29 is 0 Å². The quantitative estimate of drug-likeness (QED) is 0.874. The molecule has 106 valence electrons. The Morgan fingerprint density at radius 3 is 2.70 bits per heavy atom. The van der Waals surface area contributed by atoms with E-state index in [-0.39, 0.29) is 6.04 Å². The van der Waals surface area contributed by atoms with Gasteiger partial charge in [-0.2, -0.15) is 0 Å². The molecule has 1 atom stereocenters. The molecule has 1 N–H and O–H groups in total. The van der Waals surface area contributed by atoms with E-state index in [0.717, 1.165) is 29.1 Å². The summed E-state index contributed by atoms with van der Waals surface area (Å²) in [5, 5.41) is 4.94. The molecule has 2 rings (SSSR count). The molecule has 1 unspecified atom stereocenters. The summed E-state index contributed by atoms with van der Waals surface area (Å²) in [7, 11) is 0. The summed E-state index contributed by atoms with van der Waals surface area (Å²) in [6, 6.07) is 7.92. The number of hydrogen-bond donors (Lipinski definition) is 1. The summed E-state index contributed by atoms with van der Waals surface area (Å²) in [4.78, 5) is 4.27. The smallest absolute Gasteiger partial charge is 0.0439 e. The van der Waals surface area contributed by atoms with E-state index in [2.05, 4.69) is 23.3 Å². The van der Waals surface area contributed by atoms with Crippen LogP contribution in [0.25, 0.3) is 0 Å². The molecule has 1 aromatic heterocycles. The van der Waals surface area contributed by atoms with Crippen LogP contribution in [0.4, 0.5) is 0 Å². The standard InChI is InChI=1S/C16H18Cl2N2/c1-3-20-16(13-6-11(2)9-19-10-13)8-12-7-14(17)4-5-15(12)18/h4-7,9-10,16,20H,3,8H2,1-2H3. The maximum atomic E-state index is 6.26. The maximum Gasteiger partial charge on any atom is 0.0439 e. The molecule has 2 nitrogen and oxygen atoms in total. The van der Waals surface area contributed by atoms with Gasteiger partial charge in [-0.3, -0.25) is 4.98 Å². The van der Waals surface area contributed by atoms with Gasteiger partial charge in [-0.05, 0) is 54.8 Å². The van der Waals surface area contributed by atoms with Gasteiger partial charge in [0.05, 0.1) is 0 Å². The van der Waals surface area contributed by atoms with Gasteiger partial charge in [0, 0.05) is 28.5 Å². The lowest BCUT2D eigenvalue weighted by molar-refractivity contribution is 0.548. The van der Waals surface area contributed by atoms with Crippen LogP contribution in [0.2, 0.25) is 10.0 Å². The van der Waals surface area contributed by atoms with Crippen LogP contribution in [0.5, 0.6) is 0 Å². The molecule has 0 bridgehead atoms. The van der Waals surface area contributed by atoms with Crippen LogP contribution in [-0.4, -0.2) is 11.5 Å². The lowest BCUT2D eigenvalue weighted by atomic mass is 9.99. The summed E-state index contributed by atoms with van der Waals surface area (Å²) < 4.78 is 0. The zero-order chi connectivity index (χ0) is 14.5. The lowest BCUT2D eigenvalue weighted by Gasteiger charge is -2.19. The number of hydrogen-bond acceptors (Lipinski definition) is 2. The Morgan fingerprint density at radius 1 is 1.20 bits per heavy atom. The molecule has 0 fully saturated rings. The second-order valence-electron chi connectivity index (χ2n) is 4.85. The average Bonchev–Trinajstić information content (AvgIpc) is 2.42. The number of benzene rings is 1. The van der Waals surface area contributed by atoms with Gasteiger partial charge in [0.25, 0.3) is 0 Å². The molecule has 1 aromatic carbocycles. The molecule has 0 saturated carbocycles. The first kappa shape index (κ1) is 15.3. The number of pyridine rings is 1. The summed E-state index contributed by atoms with van der Waals surface area (Å²) in [5.41, 5.74) is 3.37. The second kappa shape index (κ2) is 7.07. The number of halogens is 2. The molecule has 0 amide bonds. The lowest BCUT2D eigenvalue weighted by Crippen LogP contribution is -2.23. The summed E-state index contributed by atoms with van der Waals surface area (Å²) in [5.74, 6) is 0. The van der Waals surface area contributed by atoms with Gasteiger partial charge in [0.1, 0.15) is 0 Å². The van der Waals surface area contributed by atoms with Crippen LogP contribution < -0.4 is 5.32 Å². The maximum absolute atomic E-state index is 6.26. The van der Waals surface area contributed by atoms with Gasteiger partial charge < -0.3 is 5.32 Å². The Bertz CT molecular complexity index is 584. The fourth-order valence-corrected chi connectivity index (χ4v) is 2.63. The summed E-state index contributed by atoms with van der Waals surface area (Å²) in [6.07, 6.45) is 4.55. The van der Waals surface area contributed by atoms with Crippen molar-refractivity contribution in [2.24, 2.45) is 0 Å². The van der Waals surface area contributed by atoms with Crippen molar-refractivity contribution in [3.05, 3.63) is 63.4 Å². The van der Waals surface area contributed by atoms with E-state index in [9.17, 15) is 0 Å². The number of aromatic nitrogens is 1. The van der Waals surface area contributed by atoms with E-state index < -0.39 is 0 Å². The average molecular weight is 309 g/mol. The molecular weight excluding hydrogens is 291 g/mol. The van der Waals surface area contributed by atoms with Gasteiger partial charge >= 0.3 is 0 Å². The molecule has 0 spiro atoms. The van der Waals surface area contributed by atoms with Crippen molar-refractivity contribution in [2.45, 2.75) is 26.3 Å². The fourth-order valence-electron chi connectivity index (χ4n) is 2.24. The van der Waals surface area contributed by atoms with Crippen molar-refractivity contribution >= 4 is 23.2 Å². The van der Waals surface area contributed by atoms with Crippen LogP contribution in [0, 0.1) is 6.92 Å². The summed E-state index contributed by atoms with van der Waals surface area (Å²) in [6.45, 7) is 5.03. The zero-order valence-corrected chi connectivity index (χ0v) is 13.2. The van der Waals surface area contributed by atoms with E-state index in [1.54, 1.807) is 0 Å². The highest BCUT2D eigenvalue weighted by Crippen LogP contribution is 2.26. The first-order chi connectivity index (χ1) is 9.60. The molecule has 1 heterocycles. The van der Waals surface area contributed by atoms with E-state index in [1.165, 1.54) is 5.56 Å². The Balaban J connectivity index is 2.27. The molecule has 0 saturated heterocycles. The first-order valence-electron chi connectivity index (χ1n) is 6.69. The Labute approximate surface area is 130 Å². The first-order valence-corrected chi connectivity index (χ1v) is 7.44. The third kappa shape index (κ3) is 3.95. The molecular formula is C16H18Cl2N2. The van der Waals surface area contributed by atoms with Crippen molar-refractivity contribution in [1.29, 1.82) is 0 Å². The van der Waals surface area contributed by atoms with Gasteiger partial charge in [-0.15, -0.1) is 0 Å². The fraction of sp³-hybridized carbons (Fsp3) is 0.312. The molecule has 4 heteroatoms. The molecule has 2 aromatic rings. The van der Waals surface area contributed by atoms with Crippen LogP contribution in [0.15, 0.2) is 36.7 Å². The Hall–Kier alpha value is -1.09. The van der Waals surface area contributed by atoms with E-state index in [4.69, 9.17) is 23.2 Å². The highest BCUT2D eigenvalue weighted by atomic mass is 35.5. The molecule has 0 radical (unpaired) electrons. The number of rotatable bonds is 5. The highest BCUT2D eigenvalue weighted by Gasteiger charge is 2.14. The number of aryl methyl sites for hydroxylation is 1. The van der Waals surface area contributed by atoms with E-state index in [0.29, 0.717) is 5.02 Å². The van der Waals surface area contributed by atoms with Gasteiger partial charge in [0.15, 0.2) is 0 Å². The molecule has 20 heavy (non-hydrogen) atoms. The Morgan fingerprint density at radius 2 is 2.00 bits per heavy atom. The van der Waals surface area contributed by atoms with Gasteiger partial charge in [-0.1, -0.05) is 36.2 Å². The Kier molecular flexibility index (Phi) is 5.41. The zero-order valence-electron chi connectivity index (χ0n) is 11.7. The third-order valence-corrected chi connectivity index (χ3v) is 3.78. The number of nitrogens with one attached hydrogen (secondary N) is 1. The highest BCUT2D eigenvalue weighted by molar-refractivity contribution is 6.33. The van der Waals surface area contributed by atoms with Crippen LogP contribution in [0.3, 0.4) is 0 Å². The van der Waals surface area contributed by atoms with E-state index in [1.807, 2.05) is 37.5 Å². The topological polar surface area (TPSA) is 24.9 Å².